The number of piperazine rings is 1. The number of ether oxygens (including phenoxy) is 2. The molecule has 2 saturated heterocycles. The van der Waals surface area contributed by atoms with E-state index in [0.717, 1.165) is 30.6 Å². The smallest absolute Gasteiger partial charge is 0.229 e. The number of hydrogen-bond acceptors (Lipinski definition) is 4. The molecule has 2 aliphatic heterocycles. The summed E-state index contributed by atoms with van der Waals surface area (Å²) in [7, 11) is 1.64. The van der Waals surface area contributed by atoms with Crippen molar-refractivity contribution in [1.82, 2.24) is 9.80 Å². The van der Waals surface area contributed by atoms with E-state index in [9.17, 15) is 9.59 Å². The topological polar surface area (TPSA) is 59.1 Å². The van der Waals surface area contributed by atoms with Crippen molar-refractivity contribution in [2.24, 2.45) is 5.41 Å². The van der Waals surface area contributed by atoms with Gasteiger partial charge in [0, 0.05) is 39.8 Å². The van der Waals surface area contributed by atoms with Crippen LogP contribution < -0.4 is 4.74 Å². The summed E-state index contributed by atoms with van der Waals surface area (Å²) >= 11 is 0. The molecule has 4 rings (SSSR count). The van der Waals surface area contributed by atoms with Gasteiger partial charge in [0.2, 0.25) is 11.8 Å². The van der Waals surface area contributed by atoms with Crippen LogP contribution in [0.1, 0.15) is 36.9 Å². The lowest BCUT2D eigenvalue weighted by Crippen LogP contribution is -2.56. The van der Waals surface area contributed by atoms with Crippen molar-refractivity contribution < 1.29 is 19.1 Å². The van der Waals surface area contributed by atoms with Crippen LogP contribution in [0.2, 0.25) is 0 Å². The molecule has 1 atom stereocenters. The molecule has 2 aromatic rings. The summed E-state index contributed by atoms with van der Waals surface area (Å²) in [4.78, 5) is 30.2. The zero-order valence-electron chi connectivity index (χ0n) is 19.0. The molecule has 0 spiro atoms. The van der Waals surface area contributed by atoms with Gasteiger partial charge >= 0.3 is 0 Å². The Morgan fingerprint density at radius 2 is 1.72 bits per heavy atom. The van der Waals surface area contributed by atoms with Crippen molar-refractivity contribution >= 4 is 11.8 Å². The lowest BCUT2D eigenvalue weighted by Gasteiger charge is -2.46. The Bertz CT molecular complexity index is 923. The Balaban J connectivity index is 1.59. The first-order chi connectivity index (χ1) is 15.5. The predicted octanol–water partition coefficient (Wildman–Crippen LogP) is 3.47. The fourth-order valence-corrected chi connectivity index (χ4v) is 5.01. The van der Waals surface area contributed by atoms with Crippen molar-refractivity contribution in [2.45, 2.75) is 32.2 Å². The summed E-state index contributed by atoms with van der Waals surface area (Å²) in [6.45, 7) is 4.41. The number of amides is 2. The van der Waals surface area contributed by atoms with Crippen molar-refractivity contribution in [2.75, 3.05) is 40.0 Å². The van der Waals surface area contributed by atoms with Crippen molar-refractivity contribution in [3.8, 4) is 5.75 Å². The zero-order chi connectivity index (χ0) is 22.6. The largest absolute Gasteiger partial charge is 0.497 e. The molecule has 2 heterocycles. The van der Waals surface area contributed by atoms with Crippen LogP contribution in [0.5, 0.6) is 5.75 Å². The molecule has 2 amide bonds. The van der Waals surface area contributed by atoms with Crippen LogP contribution in [-0.4, -0.2) is 61.6 Å². The first-order valence-corrected chi connectivity index (χ1v) is 11.3. The molecule has 0 aliphatic carbocycles. The van der Waals surface area contributed by atoms with Gasteiger partial charge in [-0.3, -0.25) is 9.59 Å². The average molecular weight is 437 g/mol. The third-order valence-electron chi connectivity index (χ3n) is 6.86. The highest BCUT2D eigenvalue weighted by molar-refractivity contribution is 5.84. The van der Waals surface area contributed by atoms with Gasteiger partial charge in [-0.05, 0) is 42.5 Å². The van der Waals surface area contributed by atoms with Gasteiger partial charge in [-0.1, -0.05) is 42.5 Å². The molecule has 2 fully saturated rings. The number of hydrogen-bond donors (Lipinski definition) is 0. The highest BCUT2D eigenvalue weighted by Crippen LogP contribution is 2.38. The SMILES string of the molecule is COc1ccc([C@H]2CN(C(=O)C3(Cc4ccccc4)CCOCC3)CCN2C(C)=O)cc1. The summed E-state index contributed by atoms with van der Waals surface area (Å²) < 4.78 is 10.9. The Hall–Kier alpha value is -2.86. The Morgan fingerprint density at radius 1 is 1.03 bits per heavy atom. The molecule has 0 aromatic heterocycles. The minimum Gasteiger partial charge on any atom is -0.497 e. The second-order valence-electron chi connectivity index (χ2n) is 8.81. The first-order valence-electron chi connectivity index (χ1n) is 11.3. The fraction of sp³-hybridized carbons (Fsp3) is 0.462. The Labute approximate surface area is 190 Å². The summed E-state index contributed by atoms with van der Waals surface area (Å²) in [6.07, 6.45) is 2.16. The van der Waals surface area contributed by atoms with Crippen LogP contribution in [-0.2, 0) is 20.7 Å². The lowest BCUT2D eigenvalue weighted by molar-refractivity contribution is -0.154. The van der Waals surface area contributed by atoms with Crippen molar-refractivity contribution in [1.29, 1.82) is 0 Å². The van der Waals surface area contributed by atoms with E-state index in [1.165, 1.54) is 5.56 Å². The maximum Gasteiger partial charge on any atom is 0.229 e. The molecule has 6 nitrogen and oxygen atoms in total. The van der Waals surface area contributed by atoms with Crippen LogP contribution in [0.4, 0.5) is 0 Å². The van der Waals surface area contributed by atoms with Gasteiger partial charge in [0.15, 0.2) is 0 Å². The summed E-state index contributed by atoms with van der Waals surface area (Å²) in [5.74, 6) is 0.991. The third kappa shape index (κ3) is 4.65. The van der Waals surface area contributed by atoms with E-state index in [1.54, 1.807) is 14.0 Å². The maximum atomic E-state index is 14.0. The molecule has 0 N–H and O–H groups in total. The molecular formula is C26H32N2O4. The van der Waals surface area contributed by atoms with Gasteiger partial charge in [-0.15, -0.1) is 0 Å². The van der Waals surface area contributed by atoms with Gasteiger partial charge < -0.3 is 19.3 Å². The molecule has 0 saturated carbocycles. The molecule has 2 aliphatic rings. The Kier molecular flexibility index (Phi) is 6.80. The lowest BCUT2D eigenvalue weighted by atomic mass is 9.73. The fourth-order valence-electron chi connectivity index (χ4n) is 5.01. The molecule has 170 valence electrons. The van der Waals surface area contributed by atoms with Gasteiger partial charge in [0.05, 0.1) is 18.6 Å². The molecule has 0 bridgehead atoms. The number of carbonyl (C=O) groups excluding carboxylic acids is 2. The van der Waals surface area contributed by atoms with Gasteiger partial charge in [0.1, 0.15) is 5.75 Å². The van der Waals surface area contributed by atoms with Crippen molar-refractivity contribution in [3.63, 3.8) is 0 Å². The van der Waals surface area contributed by atoms with Crippen LogP contribution >= 0.6 is 0 Å². The van der Waals surface area contributed by atoms with Gasteiger partial charge in [-0.25, -0.2) is 0 Å². The molecule has 32 heavy (non-hydrogen) atoms. The molecule has 6 heteroatoms. The average Bonchev–Trinajstić information content (AvgIpc) is 2.84. The maximum absolute atomic E-state index is 14.0. The molecule has 0 unspecified atom stereocenters. The van der Waals surface area contributed by atoms with E-state index in [2.05, 4.69) is 12.1 Å². The number of carbonyl (C=O) groups is 2. The monoisotopic (exact) mass is 436 g/mol. The molecule has 0 radical (unpaired) electrons. The standard InChI is InChI=1S/C26H32N2O4/c1-20(29)28-15-14-27(19-24(28)22-8-10-23(31-2)11-9-22)25(30)26(12-16-32-17-13-26)18-21-6-4-3-5-7-21/h3-11,24H,12-19H2,1-2H3/t24-/m1/s1. The first kappa shape index (κ1) is 22.3. The highest BCUT2D eigenvalue weighted by Gasteiger charge is 2.44. The van der Waals surface area contributed by atoms with E-state index >= 15 is 0 Å². The van der Waals surface area contributed by atoms with Crippen LogP contribution in [0.25, 0.3) is 0 Å². The van der Waals surface area contributed by atoms with Crippen molar-refractivity contribution in [3.05, 3.63) is 65.7 Å². The highest BCUT2D eigenvalue weighted by atomic mass is 16.5. The summed E-state index contributed by atoms with van der Waals surface area (Å²) in [5.41, 5.74) is 1.74. The minimum atomic E-state index is -0.456. The summed E-state index contributed by atoms with van der Waals surface area (Å²) in [5, 5.41) is 0. The second-order valence-corrected chi connectivity index (χ2v) is 8.81. The van der Waals surface area contributed by atoms with Crippen LogP contribution in [0, 0.1) is 5.41 Å². The third-order valence-corrected chi connectivity index (χ3v) is 6.86. The van der Waals surface area contributed by atoms with E-state index in [-0.39, 0.29) is 17.9 Å². The minimum absolute atomic E-state index is 0.0305. The quantitative estimate of drug-likeness (QED) is 0.720. The van der Waals surface area contributed by atoms with E-state index in [4.69, 9.17) is 9.47 Å². The summed E-state index contributed by atoms with van der Waals surface area (Å²) in [6, 6.07) is 17.9. The predicted molar refractivity (Wildman–Crippen MR) is 122 cm³/mol. The zero-order valence-corrected chi connectivity index (χ0v) is 19.0. The van der Waals surface area contributed by atoms with Gasteiger partial charge in [0.25, 0.3) is 0 Å². The van der Waals surface area contributed by atoms with Crippen LogP contribution in [0.3, 0.4) is 0 Å². The number of nitrogens with zero attached hydrogens (tertiary/aromatic N) is 2. The van der Waals surface area contributed by atoms with E-state index in [1.807, 2.05) is 52.3 Å². The van der Waals surface area contributed by atoms with Crippen LogP contribution in [0.15, 0.2) is 54.6 Å². The molecular weight excluding hydrogens is 404 g/mol. The Morgan fingerprint density at radius 3 is 2.34 bits per heavy atom. The molecule has 2 aromatic carbocycles. The van der Waals surface area contributed by atoms with E-state index < -0.39 is 5.41 Å². The van der Waals surface area contributed by atoms with Gasteiger partial charge in [-0.2, -0.15) is 0 Å². The normalized spacial score (nSPS) is 20.6. The number of rotatable bonds is 5. The number of methoxy groups -OCH3 is 1. The van der Waals surface area contributed by atoms with E-state index in [0.29, 0.717) is 32.8 Å². The number of benzene rings is 2. The second kappa shape index (κ2) is 9.74.